The Kier molecular flexibility index (Phi) is 4.82. The second-order valence-corrected chi connectivity index (χ2v) is 7.92. The van der Waals surface area contributed by atoms with Crippen molar-refractivity contribution >= 4 is 44.7 Å². The number of ketones is 1. The van der Waals surface area contributed by atoms with Crippen molar-refractivity contribution in [2.75, 3.05) is 0 Å². The topological polar surface area (TPSA) is 17.1 Å². The zero-order valence-corrected chi connectivity index (χ0v) is 14.8. The highest BCUT2D eigenvalue weighted by Crippen LogP contribution is 2.30. The Morgan fingerprint density at radius 3 is 2.81 bits per heavy atom. The summed E-state index contributed by atoms with van der Waals surface area (Å²) >= 11 is 11.3. The summed E-state index contributed by atoms with van der Waals surface area (Å²) in [5, 5.41) is 0.649. The normalized spacial score (nSPS) is 14.6. The molecule has 0 N–H and O–H groups in total. The lowest BCUT2D eigenvalue weighted by atomic mass is 10.1. The zero-order valence-electron chi connectivity index (χ0n) is 11.6. The molecule has 0 fully saturated rings. The van der Waals surface area contributed by atoms with Crippen LogP contribution in [0.1, 0.15) is 44.9 Å². The summed E-state index contributed by atoms with van der Waals surface area (Å²) in [6.07, 6.45) is 6.44. The lowest BCUT2D eigenvalue weighted by Gasteiger charge is -2.03. The van der Waals surface area contributed by atoms with Gasteiger partial charge in [0.05, 0.1) is 4.88 Å². The number of aryl methyl sites for hydroxylation is 2. The molecule has 0 aliphatic heterocycles. The summed E-state index contributed by atoms with van der Waals surface area (Å²) in [5.41, 5.74) is 2.29. The molecule has 1 aromatic heterocycles. The molecule has 0 saturated heterocycles. The number of rotatable bonds is 3. The van der Waals surface area contributed by atoms with Crippen molar-refractivity contribution in [2.24, 2.45) is 0 Å². The van der Waals surface area contributed by atoms with Crippen LogP contribution in [-0.2, 0) is 19.3 Å². The summed E-state index contributed by atoms with van der Waals surface area (Å²) in [5.74, 6) is 0.178. The van der Waals surface area contributed by atoms with Crippen LogP contribution in [0.5, 0.6) is 0 Å². The molecule has 0 bridgehead atoms. The number of carbonyl (C=O) groups is 1. The zero-order chi connectivity index (χ0) is 14.8. The Bertz CT molecular complexity index is 654. The van der Waals surface area contributed by atoms with Gasteiger partial charge in [-0.1, -0.05) is 40.0 Å². The molecule has 0 radical (unpaired) electrons. The van der Waals surface area contributed by atoms with Gasteiger partial charge in [-0.05, 0) is 55.0 Å². The van der Waals surface area contributed by atoms with E-state index in [0.29, 0.717) is 11.4 Å². The molecule has 4 heteroatoms. The van der Waals surface area contributed by atoms with Gasteiger partial charge in [-0.2, -0.15) is 0 Å². The summed E-state index contributed by atoms with van der Waals surface area (Å²) in [6, 6.07) is 7.80. The maximum Gasteiger partial charge on any atom is 0.177 e. The van der Waals surface area contributed by atoms with E-state index in [1.54, 1.807) is 11.3 Å². The number of benzene rings is 1. The van der Waals surface area contributed by atoms with Crippen molar-refractivity contribution in [3.63, 3.8) is 0 Å². The number of halogens is 2. The highest BCUT2D eigenvalue weighted by atomic mass is 79.9. The lowest BCUT2D eigenvalue weighted by Crippen LogP contribution is -2.01. The molecule has 2 aromatic rings. The number of carbonyl (C=O) groups excluding carboxylic acids is 1. The van der Waals surface area contributed by atoms with Crippen molar-refractivity contribution in [2.45, 2.75) is 38.5 Å². The van der Waals surface area contributed by atoms with E-state index in [9.17, 15) is 4.79 Å². The molecule has 0 unspecified atom stereocenters. The van der Waals surface area contributed by atoms with Gasteiger partial charge in [0.1, 0.15) is 0 Å². The van der Waals surface area contributed by atoms with E-state index in [-0.39, 0.29) is 5.78 Å². The van der Waals surface area contributed by atoms with Crippen LogP contribution in [0.25, 0.3) is 0 Å². The molecule has 0 spiro atoms. The minimum absolute atomic E-state index is 0.178. The van der Waals surface area contributed by atoms with Gasteiger partial charge in [-0.15, -0.1) is 11.3 Å². The third kappa shape index (κ3) is 3.58. The van der Waals surface area contributed by atoms with Crippen molar-refractivity contribution in [3.05, 3.63) is 54.6 Å². The van der Waals surface area contributed by atoms with Crippen LogP contribution in [0.2, 0.25) is 5.02 Å². The number of hydrogen-bond acceptors (Lipinski definition) is 2. The molecule has 3 rings (SSSR count). The first-order valence-corrected chi connectivity index (χ1v) is 9.21. The number of thiophene rings is 1. The van der Waals surface area contributed by atoms with Gasteiger partial charge in [0.2, 0.25) is 0 Å². The lowest BCUT2D eigenvalue weighted by molar-refractivity contribution is 0.0997. The Morgan fingerprint density at radius 1 is 1.19 bits per heavy atom. The van der Waals surface area contributed by atoms with Gasteiger partial charge in [-0.3, -0.25) is 4.79 Å². The standard InChI is InChI=1S/C17H16BrClOS/c18-13-7-6-11(14(19)10-13)8-15(20)17-9-12-4-2-1-3-5-16(12)21-17/h6-7,9-10H,1-5,8H2. The van der Waals surface area contributed by atoms with E-state index >= 15 is 0 Å². The molecule has 1 aliphatic rings. The van der Waals surface area contributed by atoms with E-state index in [1.165, 1.54) is 29.7 Å². The SMILES string of the molecule is O=C(Cc1ccc(Br)cc1Cl)c1cc2c(s1)CCCCC2. The summed E-state index contributed by atoms with van der Waals surface area (Å²) in [7, 11) is 0. The third-order valence-electron chi connectivity index (χ3n) is 3.89. The first-order valence-electron chi connectivity index (χ1n) is 7.22. The summed E-state index contributed by atoms with van der Waals surface area (Å²) in [4.78, 5) is 14.8. The van der Waals surface area contributed by atoms with Crippen molar-refractivity contribution in [1.82, 2.24) is 0 Å². The predicted molar refractivity (Wildman–Crippen MR) is 92.8 cm³/mol. The quantitative estimate of drug-likeness (QED) is 0.479. The van der Waals surface area contributed by atoms with Crippen molar-refractivity contribution in [1.29, 1.82) is 0 Å². The average molecular weight is 384 g/mol. The van der Waals surface area contributed by atoms with Crippen molar-refractivity contribution in [3.8, 4) is 0 Å². The number of Topliss-reactive ketones (excluding diaryl/α,β-unsaturated/α-hetero) is 1. The van der Waals surface area contributed by atoms with Gasteiger partial charge < -0.3 is 0 Å². The van der Waals surface area contributed by atoms with E-state index < -0.39 is 0 Å². The minimum atomic E-state index is 0.178. The molecule has 21 heavy (non-hydrogen) atoms. The fraction of sp³-hybridized carbons (Fsp3) is 0.353. The van der Waals surface area contributed by atoms with Crippen LogP contribution < -0.4 is 0 Å². The van der Waals surface area contributed by atoms with Gasteiger partial charge in [0.15, 0.2) is 5.78 Å². The van der Waals surface area contributed by atoms with Crippen LogP contribution in [-0.4, -0.2) is 5.78 Å². The molecule has 1 nitrogen and oxygen atoms in total. The van der Waals surface area contributed by atoms with Crippen LogP contribution in [0.15, 0.2) is 28.7 Å². The second-order valence-electron chi connectivity index (χ2n) is 5.46. The smallest absolute Gasteiger partial charge is 0.177 e. The van der Waals surface area contributed by atoms with E-state index in [2.05, 4.69) is 22.0 Å². The maximum atomic E-state index is 12.5. The second kappa shape index (κ2) is 6.64. The molecule has 0 atom stereocenters. The van der Waals surface area contributed by atoms with Crippen LogP contribution in [0.3, 0.4) is 0 Å². The average Bonchev–Trinajstić information content (AvgIpc) is 2.73. The Hall–Kier alpha value is -0.640. The van der Waals surface area contributed by atoms with Crippen LogP contribution in [0.4, 0.5) is 0 Å². The van der Waals surface area contributed by atoms with Crippen LogP contribution in [0, 0.1) is 0 Å². The monoisotopic (exact) mass is 382 g/mol. The molecule has 1 aliphatic carbocycles. The Morgan fingerprint density at radius 2 is 2.00 bits per heavy atom. The molecule has 1 aromatic carbocycles. The van der Waals surface area contributed by atoms with E-state index in [1.807, 2.05) is 18.2 Å². The van der Waals surface area contributed by atoms with Gasteiger partial charge >= 0.3 is 0 Å². The fourth-order valence-electron chi connectivity index (χ4n) is 2.73. The maximum absolute atomic E-state index is 12.5. The largest absolute Gasteiger partial charge is 0.293 e. The first kappa shape index (κ1) is 15.3. The highest BCUT2D eigenvalue weighted by Gasteiger charge is 2.17. The molecular formula is C17H16BrClOS. The molecule has 110 valence electrons. The summed E-state index contributed by atoms with van der Waals surface area (Å²) in [6.45, 7) is 0. The van der Waals surface area contributed by atoms with E-state index in [0.717, 1.165) is 27.8 Å². The Labute approximate surface area is 142 Å². The van der Waals surface area contributed by atoms with Crippen molar-refractivity contribution < 1.29 is 4.79 Å². The molecule has 1 heterocycles. The first-order chi connectivity index (χ1) is 10.1. The molecule has 0 amide bonds. The minimum Gasteiger partial charge on any atom is -0.293 e. The molecular weight excluding hydrogens is 368 g/mol. The predicted octanol–water partition coefficient (Wildman–Crippen LogP) is 5.86. The van der Waals surface area contributed by atoms with Gasteiger partial charge in [-0.25, -0.2) is 0 Å². The summed E-state index contributed by atoms with van der Waals surface area (Å²) < 4.78 is 0.937. The van der Waals surface area contributed by atoms with Crippen LogP contribution >= 0.6 is 38.9 Å². The fourth-order valence-corrected chi connectivity index (χ4v) is 4.66. The van der Waals surface area contributed by atoms with E-state index in [4.69, 9.17) is 11.6 Å². The van der Waals surface area contributed by atoms with Gasteiger partial charge in [0, 0.05) is 20.8 Å². The number of fused-ring (bicyclic) bond motifs is 1. The highest BCUT2D eigenvalue weighted by molar-refractivity contribution is 9.10. The Balaban J connectivity index is 1.79. The number of hydrogen-bond donors (Lipinski definition) is 0. The third-order valence-corrected chi connectivity index (χ3v) is 6.01. The molecule has 0 saturated carbocycles. The van der Waals surface area contributed by atoms with Gasteiger partial charge in [0.25, 0.3) is 0 Å².